The van der Waals surface area contributed by atoms with Gasteiger partial charge in [-0.25, -0.2) is 0 Å². The number of aryl methyl sites for hydroxylation is 1. The lowest BCUT2D eigenvalue weighted by Gasteiger charge is -2.07. The van der Waals surface area contributed by atoms with Gasteiger partial charge in [0, 0.05) is 18.9 Å². The average Bonchev–Trinajstić information content (AvgIpc) is 3.21. The molecule has 0 N–H and O–H groups in total. The van der Waals surface area contributed by atoms with E-state index in [4.69, 9.17) is 4.52 Å². The first-order chi connectivity index (χ1) is 11.7. The van der Waals surface area contributed by atoms with E-state index in [0.29, 0.717) is 0 Å². The monoisotopic (exact) mass is 353 g/mol. The zero-order valence-corrected chi connectivity index (χ0v) is 13.6. The number of aromatic nitrogens is 5. The molecular weight excluding hydrogens is 339 g/mol. The minimum Gasteiger partial charge on any atom is -0.337 e. The fraction of sp³-hybridized carbons (Fsp3) is 0.333. The lowest BCUT2D eigenvalue weighted by Crippen LogP contribution is -2.20. The highest BCUT2D eigenvalue weighted by molar-refractivity contribution is 5.52. The highest BCUT2D eigenvalue weighted by Crippen LogP contribution is 2.28. The van der Waals surface area contributed by atoms with Gasteiger partial charge in [-0.15, -0.1) is 0 Å². The van der Waals surface area contributed by atoms with Gasteiger partial charge in [0.05, 0.1) is 5.56 Å². The normalized spacial score (nSPS) is 13.2. The van der Waals surface area contributed by atoms with E-state index in [1.54, 1.807) is 33.0 Å². The number of hydrogen-bond donors (Lipinski definition) is 0. The van der Waals surface area contributed by atoms with E-state index in [0.717, 1.165) is 16.4 Å². The number of alkyl halides is 3. The zero-order chi connectivity index (χ0) is 18.4. The van der Waals surface area contributed by atoms with Gasteiger partial charge in [0.2, 0.25) is 5.82 Å². The van der Waals surface area contributed by atoms with Crippen LogP contribution in [0.3, 0.4) is 0 Å². The number of nitrogens with zero attached hydrogens (tertiary/aromatic N) is 5. The molecule has 3 rings (SSSR count). The molecule has 0 aliphatic carbocycles. The number of halogens is 3. The van der Waals surface area contributed by atoms with Crippen LogP contribution < -0.4 is 5.56 Å². The van der Waals surface area contributed by atoms with Crippen LogP contribution in [0.2, 0.25) is 0 Å². The molecule has 0 bridgehead atoms. The van der Waals surface area contributed by atoms with Gasteiger partial charge in [-0.2, -0.15) is 23.3 Å². The summed E-state index contributed by atoms with van der Waals surface area (Å²) in [6.45, 7) is 3.35. The third-order valence-electron chi connectivity index (χ3n) is 3.89. The quantitative estimate of drug-likeness (QED) is 0.723. The van der Waals surface area contributed by atoms with Gasteiger partial charge in [0.25, 0.3) is 11.4 Å². The predicted octanol–water partition coefficient (Wildman–Crippen LogP) is 2.57. The molecule has 3 heterocycles. The van der Waals surface area contributed by atoms with Gasteiger partial charge < -0.3 is 9.09 Å². The molecule has 1 unspecified atom stereocenters. The molecule has 0 saturated heterocycles. The van der Waals surface area contributed by atoms with Crippen molar-refractivity contribution < 1.29 is 17.7 Å². The molecule has 0 fully saturated rings. The smallest absolute Gasteiger partial charge is 0.337 e. The fourth-order valence-electron chi connectivity index (χ4n) is 2.23. The maximum Gasteiger partial charge on any atom is 0.435 e. The second-order valence-corrected chi connectivity index (χ2v) is 5.56. The molecule has 0 spiro atoms. The second-order valence-electron chi connectivity index (χ2n) is 5.56. The largest absolute Gasteiger partial charge is 0.435 e. The maximum absolute atomic E-state index is 12.6. The highest BCUT2D eigenvalue weighted by Gasteiger charge is 2.34. The summed E-state index contributed by atoms with van der Waals surface area (Å²) < 4.78 is 45.6. The van der Waals surface area contributed by atoms with E-state index in [9.17, 15) is 18.0 Å². The summed E-state index contributed by atoms with van der Waals surface area (Å²) in [5, 5.41) is 7.24. The van der Waals surface area contributed by atoms with E-state index in [1.807, 2.05) is 0 Å². The molecule has 1 atom stereocenters. The van der Waals surface area contributed by atoms with Gasteiger partial charge in [-0.05, 0) is 32.0 Å². The summed E-state index contributed by atoms with van der Waals surface area (Å²) in [5.74, 6) is 0.125. The summed E-state index contributed by atoms with van der Waals surface area (Å²) in [6.07, 6.45) is -3.35. The standard InChI is InChI=1S/C15H14F3N5O2/c1-8-4-5-10(14(24)22(8)3)12-19-13(25-21-12)9(2)23-7-6-11(20-23)15(16,17)18/h4-7,9H,1-3H3. The molecule has 0 radical (unpaired) electrons. The Labute approximate surface area is 139 Å². The Balaban J connectivity index is 1.93. The first-order valence-corrected chi connectivity index (χ1v) is 7.31. The van der Waals surface area contributed by atoms with Crippen molar-refractivity contribution >= 4 is 0 Å². The summed E-state index contributed by atoms with van der Waals surface area (Å²) >= 11 is 0. The van der Waals surface area contributed by atoms with Crippen LogP contribution in [-0.2, 0) is 13.2 Å². The third-order valence-corrected chi connectivity index (χ3v) is 3.89. The van der Waals surface area contributed by atoms with Crippen LogP contribution in [0.5, 0.6) is 0 Å². The van der Waals surface area contributed by atoms with Crippen molar-refractivity contribution in [3.8, 4) is 11.4 Å². The topological polar surface area (TPSA) is 78.7 Å². The summed E-state index contributed by atoms with van der Waals surface area (Å²) in [4.78, 5) is 16.4. The van der Waals surface area contributed by atoms with Crippen molar-refractivity contribution in [3.05, 3.63) is 52.0 Å². The van der Waals surface area contributed by atoms with Gasteiger partial charge in [-0.1, -0.05) is 5.16 Å². The van der Waals surface area contributed by atoms with Crippen LogP contribution in [0.4, 0.5) is 13.2 Å². The molecule has 0 amide bonds. The fourth-order valence-corrected chi connectivity index (χ4v) is 2.23. The number of hydrogen-bond acceptors (Lipinski definition) is 5. The Kier molecular flexibility index (Phi) is 3.97. The van der Waals surface area contributed by atoms with E-state index >= 15 is 0 Å². The SMILES string of the molecule is Cc1ccc(-c2noc(C(C)n3ccc(C(F)(F)F)n3)n2)c(=O)n1C. The van der Waals surface area contributed by atoms with Crippen LogP contribution in [0.1, 0.15) is 30.2 Å². The highest BCUT2D eigenvalue weighted by atomic mass is 19.4. The first kappa shape index (κ1) is 16.9. The van der Waals surface area contributed by atoms with Crippen LogP contribution in [0.25, 0.3) is 11.4 Å². The van der Waals surface area contributed by atoms with Crippen molar-refractivity contribution in [1.29, 1.82) is 0 Å². The van der Waals surface area contributed by atoms with E-state index < -0.39 is 17.9 Å². The van der Waals surface area contributed by atoms with Crippen LogP contribution >= 0.6 is 0 Å². The lowest BCUT2D eigenvalue weighted by atomic mass is 10.2. The summed E-state index contributed by atoms with van der Waals surface area (Å²) in [6, 6.07) is 3.46. The Morgan fingerprint density at radius 1 is 1.24 bits per heavy atom. The molecule has 25 heavy (non-hydrogen) atoms. The van der Waals surface area contributed by atoms with Crippen molar-refractivity contribution in [2.45, 2.75) is 26.1 Å². The summed E-state index contributed by atoms with van der Waals surface area (Å²) in [5.41, 5.74) is -0.293. The van der Waals surface area contributed by atoms with Crippen molar-refractivity contribution in [2.75, 3.05) is 0 Å². The molecule has 0 aromatic carbocycles. The molecule has 7 nitrogen and oxygen atoms in total. The number of pyridine rings is 1. The minimum absolute atomic E-state index is 0.0504. The van der Waals surface area contributed by atoms with Crippen molar-refractivity contribution in [2.24, 2.45) is 7.05 Å². The van der Waals surface area contributed by atoms with E-state index in [1.165, 1.54) is 10.8 Å². The predicted molar refractivity (Wildman–Crippen MR) is 80.8 cm³/mol. The maximum atomic E-state index is 12.6. The molecule has 3 aromatic heterocycles. The van der Waals surface area contributed by atoms with Gasteiger partial charge in [-0.3, -0.25) is 9.48 Å². The molecule has 3 aromatic rings. The van der Waals surface area contributed by atoms with E-state index in [2.05, 4.69) is 15.2 Å². The van der Waals surface area contributed by atoms with Crippen LogP contribution in [0.15, 0.2) is 33.7 Å². The Bertz CT molecular complexity index is 970. The van der Waals surface area contributed by atoms with Gasteiger partial charge >= 0.3 is 6.18 Å². The molecule has 0 aliphatic rings. The van der Waals surface area contributed by atoms with E-state index in [-0.39, 0.29) is 22.8 Å². The molecule has 132 valence electrons. The molecule has 0 aliphatic heterocycles. The van der Waals surface area contributed by atoms with Crippen LogP contribution in [0, 0.1) is 6.92 Å². The second kappa shape index (κ2) is 5.87. The first-order valence-electron chi connectivity index (χ1n) is 7.31. The van der Waals surface area contributed by atoms with Gasteiger partial charge in [0.15, 0.2) is 5.69 Å². The molecule has 0 saturated carbocycles. The third kappa shape index (κ3) is 3.06. The summed E-state index contributed by atoms with van der Waals surface area (Å²) in [7, 11) is 1.62. The Morgan fingerprint density at radius 3 is 2.60 bits per heavy atom. The molecular formula is C15H14F3N5O2. The van der Waals surface area contributed by atoms with Gasteiger partial charge in [0.1, 0.15) is 6.04 Å². The number of rotatable bonds is 3. The minimum atomic E-state index is -4.53. The Hall–Kier alpha value is -2.91. The average molecular weight is 353 g/mol. The lowest BCUT2D eigenvalue weighted by molar-refractivity contribution is -0.141. The van der Waals surface area contributed by atoms with Crippen LogP contribution in [-0.4, -0.2) is 24.5 Å². The zero-order valence-electron chi connectivity index (χ0n) is 13.6. The Morgan fingerprint density at radius 2 is 1.96 bits per heavy atom. The molecule has 10 heteroatoms. The van der Waals surface area contributed by atoms with Crippen molar-refractivity contribution in [3.63, 3.8) is 0 Å². The van der Waals surface area contributed by atoms with Crippen molar-refractivity contribution in [1.82, 2.24) is 24.5 Å².